The summed E-state index contributed by atoms with van der Waals surface area (Å²) in [6.07, 6.45) is -0.472. The summed E-state index contributed by atoms with van der Waals surface area (Å²) in [5, 5.41) is 0. The van der Waals surface area contributed by atoms with Crippen LogP contribution in [0, 0.1) is 0 Å². The summed E-state index contributed by atoms with van der Waals surface area (Å²) in [4.78, 5) is 26.2. The summed E-state index contributed by atoms with van der Waals surface area (Å²) >= 11 is 1.27. The van der Waals surface area contributed by atoms with Crippen LogP contribution in [0.2, 0.25) is 0 Å². The standard InChI is InChI=1S/C18H33NO6S/c1-16(2,3)25-15(21)19-8-9-24-18(12-19,14(20)22-7)13-23-10-11-26-17(4,5)6/h8-13H2,1-7H3/p+1. The van der Waals surface area contributed by atoms with E-state index >= 15 is 0 Å². The molecule has 0 bridgehead atoms. The van der Waals surface area contributed by atoms with Gasteiger partial charge in [-0.15, -0.1) is 0 Å². The minimum absolute atomic E-state index is 0.0403. The fourth-order valence-electron chi connectivity index (χ4n) is 2.40. The molecule has 0 saturated carbocycles. The van der Waals surface area contributed by atoms with E-state index in [2.05, 4.69) is 20.8 Å². The van der Waals surface area contributed by atoms with Gasteiger partial charge in [0.1, 0.15) is 16.1 Å². The number of carbonyl (C=O) groups is 2. The first-order valence-electron chi connectivity index (χ1n) is 8.85. The third-order valence-corrected chi connectivity index (χ3v) is 4.91. The Morgan fingerprint density at radius 3 is 2.38 bits per heavy atom. The van der Waals surface area contributed by atoms with E-state index in [1.807, 2.05) is 0 Å². The highest BCUT2D eigenvalue weighted by molar-refractivity contribution is 7.79. The lowest BCUT2D eigenvalue weighted by Gasteiger charge is -2.40. The molecule has 1 saturated heterocycles. The molecule has 0 radical (unpaired) electrons. The maximum Gasteiger partial charge on any atom is 0.410 e. The maximum absolute atomic E-state index is 12.4. The molecule has 0 N–H and O–H groups in total. The van der Waals surface area contributed by atoms with Crippen LogP contribution in [-0.4, -0.2) is 78.7 Å². The predicted molar refractivity (Wildman–Crippen MR) is 103 cm³/mol. The monoisotopic (exact) mass is 392 g/mol. The van der Waals surface area contributed by atoms with Crippen molar-refractivity contribution in [1.29, 1.82) is 0 Å². The third-order valence-electron chi connectivity index (χ3n) is 3.55. The maximum atomic E-state index is 12.4. The van der Waals surface area contributed by atoms with Crippen LogP contribution in [0.3, 0.4) is 0 Å². The first-order chi connectivity index (χ1) is 11.9. The van der Waals surface area contributed by atoms with Crippen LogP contribution in [0.25, 0.3) is 0 Å². The molecule has 1 atom stereocenters. The number of ether oxygens (including phenoxy) is 4. The van der Waals surface area contributed by atoms with E-state index in [0.29, 0.717) is 13.2 Å². The van der Waals surface area contributed by atoms with Crippen molar-refractivity contribution >= 4 is 23.8 Å². The van der Waals surface area contributed by atoms with Gasteiger partial charge in [0.2, 0.25) is 5.60 Å². The number of morpholine rings is 1. The zero-order valence-electron chi connectivity index (χ0n) is 17.1. The Morgan fingerprint density at radius 2 is 1.85 bits per heavy atom. The average molecular weight is 393 g/mol. The van der Waals surface area contributed by atoms with Gasteiger partial charge in [0.05, 0.1) is 33.5 Å². The fraction of sp³-hybridized carbons (Fsp3) is 0.889. The van der Waals surface area contributed by atoms with Crippen molar-refractivity contribution in [2.45, 2.75) is 57.5 Å². The molecule has 0 aromatic carbocycles. The number of nitrogens with zero attached hydrogens (tertiary/aromatic N) is 1. The van der Waals surface area contributed by atoms with Gasteiger partial charge in [-0.05, 0) is 53.3 Å². The third kappa shape index (κ3) is 7.72. The number of methoxy groups -OCH3 is 1. The Bertz CT molecular complexity index is 485. The second kappa shape index (κ2) is 9.28. The van der Waals surface area contributed by atoms with Crippen LogP contribution >= 0.6 is 0 Å². The van der Waals surface area contributed by atoms with Crippen LogP contribution in [0.4, 0.5) is 4.79 Å². The zero-order valence-corrected chi connectivity index (χ0v) is 18.0. The van der Waals surface area contributed by atoms with Crippen molar-refractivity contribution in [2.24, 2.45) is 0 Å². The van der Waals surface area contributed by atoms with Gasteiger partial charge in [0, 0.05) is 6.54 Å². The first-order valence-corrected chi connectivity index (χ1v) is 9.93. The van der Waals surface area contributed by atoms with Crippen LogP contribution in [0.5, 0.6) is 0 Å². The van der Waals surface area contributed by atoms with Gasteiger partial charge in [-0.3, -0.25) is 0 Å². The smallest absolute Gasteiger partial charge is 0.410 e. The molecule has 7 nitrogen and oxygen atoms in total. The minimum Gasteiger partial charge on any atom is -0.467 e. The molecule has 8 heteroatoms. The van der Waals surface area contributed by atoms with Gasteiger partial charge in [-0.1, -0.05) is 0 Å². The average Bonchev–Trinajstić information content (AvgIpc) is 2.51. The molecule has 1 unspecified atom stereocenters. The second-order valence-electron chi connectivity index (χ2n) is 8.34. The van der Waals surface area contributed by atoms with Gasteiger partial charge in [0.15, 0.2) is 0 Å². The second-order valence-corrected chi connectivity index (χ2v) is 10.4. The van der Waals surface area contributed by atoms with E-state index in [-0.39, 0.29) is 24.5 Å². The molecule has 0 aromatic rings. The number of carbonyl (C=O) groups excluding carboxylic acids is 2. The highest BCUT2D eigenvalue weighted by Crippen LogP contribution is 2.23. The van der Waals surface area contributed by atoms with Gasteiger partial charge in [-0.25, -0.2) is 9.59 Å². The SMILES string of the molecule is COC(=O)C1(COCC[SH+]C(C)(C)C)CN(C(=O)OC(C)(C)C)CCO1. The molecule has 152 valence electrons. The Hall–Kier alpha value is -0.990. The summed E-state index contributed by atoms with van der Waals surface area (Å²) in [6, 6.07) is 0. The lowest BCUT2D eigenvalue weighted by molar-refractivity contribution is -0.190. The summed E-state index contributed by atoms with van der Waals surface area (Å²) in [7, 11) is 1.30. The molecule has 1 aliphatic rings. The van der Waals surface area contributed by atoms with E-state index in [9.17, 15) is 9.59 Å². The Morgan fingerprint density at radius 1 is 1.19 bits per heavy atom. The lowest BCUT2D eigenvalue weighted by atomic mass is 10.0. The topological polar surface area (TPSA) is 74.3 Å². The summed E-state index contributed by atoms with van der Waals surface area (Å²) in [6.45, 7) is 13.1. The number of esters is 1. The Balaban J connectivity index is 2.69. The molecule has 0 aliphatic carbocycles. The number of thiol groups is 1. The van der Waals surface area contributed by atoms with Crippen LogP contribution in [0.1, 0.15) is 41.5 Å². The normalized spacial score (nSPS) is 21.4. The quantitative estimate of drug-likeness (QED) is 0.297. The van der Waals surface area contributed by atoms with E-state index < -0.39 is 23.3 Å². The van der Waals surface area contributed by atoms with Gasteiger partial charge in [-0.2, -0.15) is 0 Å². The predicted octanol–water partition coefficient (Wildman–Crippen LogP) is 1.80. The molecular weight excluding hydrogens is 358 g/mol. The van der Waals surface area contributed by atoms with E-state index in [1.54, 1.807) is 20.8 Å². The van der Waals surface area contributed by atoms with Crippen molar-refractivity contribution in [3.05, 3.63) is 0 Å². The lowest BCUT2D eigenvalue weighted by Crippen LogP contribution is -2.61. The minimum atomic E-state index is -1.32. The fourth-order valence-corrected chi connectivity index (χ4v) is 3.30. The number of hydrogen-bond acceptors (Lipinski definition) is 6. The van der Waals surface area contributed by atoms with Crippen molar-refractivity contribution in [3.63, 3.8) is 0 Å². The molecule has 1 amide bonds. The number of rotatable bonds is 6. The van der Waals surface area contributed by atoms with Gasteiger partial charge >= 0.3 is 12.1 Å². The van der Waals surface area contributed by atoms with Crippen LogP contribution in [-0.2, 0) is 35.5 Å². The van der Waals surface area contributed by atoms with E-state index in [1.165, 1.54) is 23.8 Å². The summed E-state index contributed by atoms with van der Waals surface area (Å²) in [5.74, 6) is 0.315. The number of hydrogen-bond donors (Lipinski definition) is 0. The van der Waals surface area contributed by atoms with Crippen molar-refractivity contribution in [3.8, 4) is 0 Å². The van der Waals surface area contributed by atoms with Crippen LogP contribution < -0.4 is 0 Å². The van der Waals surface area contributed by atoms with Crippen LogP contribution in [0.15, 0.2) is 0 Å². The Kier molecular flexibility index (Phi) is 8.23. The molecule has 26 heavy (non-hydrogen) atoms. The molecule has 0 aromatic heterocycles. The van der Waals surface area contributed by atoms with E-state index in [0.717, 1.165) is 5.75 Å². The zero-order chi connectivity index (χ0) is 20.0. The van der Waals surface area contributed by atoms with Gasteiger partial charge < -0.3 is 23.8 Å². The first kappa shape index (κ1) is 23.0. The highest BCUT2D eigenvalue weighted by atomic mass is 32.2. The molecule has 1 fully saturated rings. The van der Waals surface area contributed by atoms with Crippen molar-refractivity contribution in [2.75, 3.05) is 45.8 Å². The summed E-state index contributed by atoms with van der Waals surface area (Å²) < 4.78 is 22.0. The molecule has 0 spiro atoms. The molecular formula is C18H34NO6S+. The molecule has 1 heterocycles. The summed E-state index contributed by atoms with van der Waals surface area (Å²) in [5.41, 5.74) is -1.92. The van der Waals surface area contributed by atoms with Gasteiger partial charge in [0.25, 0.3) is 0 Å². The van der Waals surface area contributed by atoms with Crippen molar-refractivity contribution < 1.29 is 28.5 Å². The Labute approximate surface area is 161 Å². The highest BCUT2D eigenvalue weighted by Gasteiger charge is 2.47. The largest absolute Gasteiger partial charge is 0.467 e. The number of amides is 1. The van der Waals surface area contributed by atoms with Crippen molar-refractivity contribution in [1.82, 2.24) is 4.90 Å². The van der Waals surface area contributed by atoms with E-state index in [4.69, 9.17) is 18.9 Å². The molecule has 1 rings (SSSR count). The molecule has 1 aliphatic heterocycles.